The van der Waals surface area contributed by atoms with Crippen LogP contribution in [0.4, 0.5) is 5.69 Å². The summed E-state index contributed by atoms with van der Waals surface area (Å²) in [5.74, 6) is 0. The molecular formula is C23H24N2O3. The predicted molar refractivity (Wildman–Crippen MR) is 109 cm³/mol. The molecule has 1 atom stereocenters. The second kappa shape index (κ2) is 10.4. The number of hydrogen-bond acceptors (Lipinski definition) is 4. The number of aliphatic hydroxyl groups is 1. The van der Waals surface area contributed by atoms with E-state index in [-0.39, 0.29) is 0 Å². The van der Waals surface area contributed by atoms with Gasteiger partial charge in [0.2, 0.25) is 6.41 Å². The summed E-state index contributed by atoms with van der Waals surface area (Å²) < 4.78 is 0. The van der Waals surface area contributed by atoms with Crippen LogP contribution >= 0.6 is 0 Å². The number of hydroxylamine groups is 1. The normalized spacial score (nSPS) is 11.8. The van der Waals surface area contributed by atoms with Gasteiger partial charge in [0, 0.05) is 13.1 Å². The van der Waals surface area contributed by atoms with Crippen molar-refractivity contribution >= 4 is 12.1 Å². The van der Waals surface area contributed by atoms with Gasteiger partial charge in [0.05, 0.1) is 11.8 Å². The first-order valence-electron chi connectivity index (χ1n) is 9.20. The molecule has 0 aliphatic heterocycles. The van der Waals surface area contributed by atoms with Gasteiger partial charge in [-0.3, -0.25) is 9.63 Å². The topological polar surface area (TPSA) is 61.8 Å². The highest BCUT2D eigenvalue weighted by Crippen LogP contribution is 2.19. The van der Waals surface area contributed by atoms with E-state index in [1.807, 2.05) is 60.7 Å². The Morgan fingerprint density at radius 2 is 1.50 bits per heavy atom. The minimum absolute atomic E-state index is 0.299. The summed E-state index contributed by atoms with van der Waals surface area (Å²) in [6.45, 7) is 1.44. The SMILES string of the molecule is O=CN(OCc1ccccc1)c1ccc([C@@H](O)CNCc2ccccc2)cc1. The highest BCUT2D eigenvalue weighted by molar-refractivity contribution is 5.72. The van der Waals surface area contributed by atoms with Gasteiger partial charge in [-0.25, -0.2) is 0 Å². The average Bonchev–Trinajstić information content (AvgIpc) is 2.76. The molecule has 0 aliphatic carbocycles. The Morgan fingerprint density at radius 1 is 0.893 bits per heavy atom. The van der Waals surface area contributed by atoms with Crippen molar-refractivity contribution in [2.75, 3.05) is 11.6 Å². The van der Waals surface area contributed by atoms with E-state index in [1.165, 1.54) is 10.6 Å². The van der Waals surface area contributed by atoms with Crippen LogP contribution in [0.5, 0.6) is 0 Å². The molecule has 2 N–H and O–H groups in total. The van der Waals surface area contributed by atoms with Gasteiger partial charge in [-0.1, -0.05) is 72.8 Å². The molecule has 3 aromatic carbocycles. The van der Waals surface area contributed by atoms with Crippen LogP contribution in [-0.2, 0) is 22.8 Å². The maximum Gasteiger partial charge on any atom is 0.238 e. The lowest BCUT2D eigenvalue weighted by atomic mass is 10.1. The van der Waals surface area contributed by atoms with Crippen LogP contribution in [0.15, 0.2) is 84.9 Å². The number of rotatable bonds is 10. The van der Waals surface area contributed by atoms with E-state index in [1.54, 1.807) is 24.3 Å². The van der Waals surface area contributed by atoms with Crippen molar-refractivity contribution in [1.29, 1.82) is 0 Å². The highest BCUT2D eigenvalue weighted by atomic mass is 16.7. The molecule has 0 unspecified atom stereocenters. The predicted octanol–water partition coefficient (Wildman–Crippen LogP) is 3.60. The van der Waals surface area contributed by atoms with Gasteiger partial charge in [0.1, 0.15) is 6.61 Å². The average molecular weight is 376 g/mol. The molecule has 1 amide bonds. The summed E-state index contributed by atoms with van der Waals surface area (Å²) in [5.41, 5.74) is 3.53. The fourth-order valence-electron chi connectivity index (χ4n) is 2.79. The first-order valence-corrected chi connectivity index (χ1v) is 9.20. The number of anilines is 1. The van der Waals surface area contributed by atoms with E-state index >= 15 is 0 Å². The van der Waals surface area contributed by atoms with Crippen molar-refractivity contribution in [3.63, 3.8) is 0 Å². The number of nitrogens with one attached hydrogen (secondary N) is 1. The number of amides is 1. The van der Waals surface area contributed by atoms with Crippen molar-refractivity contribution < 1.29 is 14.7 Å². The summed E-state index contributed by atoms with van der Waals surface area (Å²) in [6, 6.07) is 26.8. The van der Waals surface area contributed by atoms with E-state index < -0.39 is 6.10 Å². The van der Waals surface area contributed by atoms with Crippen LogP contribution in [0.1, 0.15) is 22.8 Å². The maximum atomic E-state index is 11.4. The minimum atomic E-state index is -0.632. The Hall–Kier alpha value is -2.99. The van der Waals surface area contributed by atoms with Gasteiger partial charge in [-0.15, -0.1) is 0 Å². The van der Waals surface area contributed by atoms with E-state index in [9.17, 15) is 9.90 Å². The Kier molecular flexibility index (Phi) is 7.32. The van der Waals surface area contributed by atoms with E-state index in [0.717, 1.165) is 11.1 Å². The largest absolute Gasteiger partial charge is 0.387 e. The summed E-state index contributed by atoms with van der Waals surface area (Å²) in [6.07, 6.45) is 0.00294. The smallest absolute Gasteiger partial charge is 0.238 e. The zero-order valence-electron chi connectivity index (χ0n) is 15.6. The third-order valence-electron chi connectivity index (χ3n) is 4.35. The van der Waals surface area contributed by atoms with E-state index in [4.69, 9.17) is 4.84 Å². The Labute approximate surface area is 165 Å². The summed E-state index contributed by atoms with van der Waals surface area (Å²) in [7, 11) is 0. The fraction of sp³-hybridized carbons (Fsp3) is 0.174. The molecule has 0 fully saturated rings. The molecule has 0 saturated heterocycles. The van der Waals surface area contributed by atoms with Crippen LogP contribution in [0, 0.1) is 0 Å². The summed E-state index contributed by atoms with van der Waals surface area (Å²) in [5, 5.41) is 14.8. The van der Waals surface area contributed by atoms with E-state index in [0.29, 0.717) is 31.8 Å². The zero-order valence-corrected chi connectivity index (χ0v) is 15.6. The number of carbonyl (C=O) groups is 1. The molecule has 0 bridgehead atoms. The second-order valence-corrected chi connectivity index (χ2v) is 6.41. The molecule has 0 aromatic heterocycles. The Balaban J connectivity index is 1.51. The second-order valence-electron chi connectivity index (χ2n) is 6.41. The third-order valence-corrected chi connectivity index (χ3v) is 4.35. The van der Waals surface area contributed by atoms with Gasteiger partial charge in [-0.05, 0) is 28.8 Å². The molecule has 0 spiro atoms. The van der Waals surface area contributed by atoms with Crippen LogP contribution < -0.4 is 10.4 Å². The van der Waals surface area contributed by atoms with Gasteiger partial charge >= 0.3 is 0 Å². The van der Waals surface area contributed by atoms with Crippen molar-refractivity contribution in [3.05, 3.63) is 102 Å². The molecule has 0 aliphatic rings. The molecule has 3 aromatic rings. The lowest BCUT2D eigenvalue weighted by Gasteiger charge is -2.18. The summed E-state index contributed by atoms with van der Waals surface area (Å²) in [4.78, 5) is 16.9. The van der Waals surface area contributed by atoms with Crippen LogP contribution in [0.3, 0.4) is 0 Å². The van der Waals surface area contributed by atoms with Crippen LogP contribution in [-0.4, -0.2) is 18.1 Å². The fourth-order valence-corrected chi connectivity index (χ4v) is 2.79. The number of benzene rings is 3. The van der Waals surface area contributed by atoms with Crippen molar-refractivity contribution in [1.82, 2.24) is 5.32 Å². The van der Waals surface area contributed by atoms with Gasteiger partial charge in [-0.2, -0.15) is 5.06 Å². The molecule has 5 nitrogen and oxygen atoms in total. The maximum absolute atomic E-state index is 11.4. The summed E-state index contributed by atoms with van der Waals surface area (Å²) >= 11 is 0. The molecule has 5 heteroatoms. The number of hydrogen-bond donors (Lipinski definition) is 2. The molecule has 0 heterocycles. The quantitative estimate of drug-likeness (QED) is 0.419. The van der Waals surface area contributed by atoms with Gasteiger partial charge in [0.15, 0.2) is 0 Å². The lowest BCUT2D eigenvalue weighted by Crippen LogP contribution is -2.22. The molecule has 28 heavy (non-hydrogen) atoms. The minimum Gasteiger partial charge on any atom is -0.387 e. The number of nitrogens with zero attached hydrogens (tertiary/aromatic N) is 1. The molecule has 144 valence electrons. The third kappa shape index (κ3) is 5.76. The zero-order chi connectivity index (χ0) is 19.6. The van der Waals surface area contributed by atoms with Crippen molar-refractivity contribution in [2.45, 2.75) is 19.3 Å². The molecule has 0 radical (unpaired) electrons. The number of carbonyl (C=O) groups excluding carboxylic acids is 1. The van der Waals surface area contributed by atoms with Crippen LogP contribution in [0.2, 0.25) is 0 Å². The van der Waals surface area contributed by atoms with Crippen LogP contribution in [0.25, 0.3) is 0 Å². The molecular weight excluding hydrogens is 352 g/mol. The van der Waals surface area contributed by atoms with Crippen molar-refractivity contribution in [2.24, 2.45) is 0 Å². The van der Waals surface area contributed by atoms with Gasteiger partial charge < -0.3 is 10.4 Å². The monoisotopic (exact) mass is 376 g/mol. The molecule has 0 saturated carbocycles. The first-order chi connectivity index (χ1) is 13.8. The van der Waals surface area contributed by atoms with Gasteiger partial charge in [0.25, 0.3) is 0 Å². The lowest BCUT2D eigenvalue weighted by molar-refractivity contribution is -0.114. The highest BCUT2D eigenvalue weighted by Gasteiger charge is 2.10. The molecule has 3 rings (SSSR count). The Morgan fingerprint density at radius 3 is 2.11 bits per heavy atom. The number of aliphatic hydroxyl groups excluding tert-OH is 1. The standard InChI is InChI=1S/C23H24N2O3/c26-18-25(28-17-20-9-5-2-6-10-20)22-13-11-21(12-14-22)23(27)16-24-15-19-7-3-1-4-8-19/h1-14,18,23-24,27H,15-17H2/t23-/m0/s1. The van der Waals surface area contributed by atoms with E-state index in [2.05, 4.69) is 5.32 Å². The Bertz CT molecular complexity index is 839. The van der Waals surface area contributed by atoms with Crippen molar-refractivity contribution in [3.8, 4) is 0 Å². The first kappa shape index (κ1) is 19.8.